The lowest BCUT2D eigenvalue weighted by Gasteiger charge is -2.07. The van der Waals surface area contributed by atoms with Crippen molar-refractivity contribution in [1.82, 2.24) is 4.98 Å². The molecule has 0 amide bonds. The van der Waals surface area contributed by atoms with Crippen LogP contribution in [0.15, 0.2) is 36.4 Å². The third kappa shape index (κ3) is 2.09. The van der Waals surface area contributed by atoms with Crippen molar-refractivity contribution in [3.05, 3.63) is 47.7 Å². The summed E-state index contributed by atoms with van der Waals surface area (Å²) in [6, 6.07) is 11.9. The van der Waals surface area contributed by atoms with Gasteiger partial charge in [-0.05, 0) is 49.1 Å². The van der Waals surface area contributed by atoms with Crippen LogP contribution in [0.25, 0.3) is 0 Å². The van der Waals surface area contributed by atoms with E-state index in [0.29, 0.717) is 0 Å². The van der Waals surface area contributed by atoms with Crippen LogP contribution in [-0.2, 0) is 12.8 Å². The Kier molecular flexibility index (Phi) is 2.44. The van der Waals surface area contributed by atoms with E-state index in [2.05, 4.69) is 16.4 Å². The molecule has 0 radical (unpaired) electrons. The fraction of sp³-hybridized carbons (Fsp3) is 0.214. The first kappa shape index (κ1) is 10.1. The molecule has 3 nitrogen and oxygen atoms in total. The smallest absolute Gasteiger partial charge is 0.130 e. The Balaban J connectivity index is 1.86. The Labute approximate surface area is 101 Å². The van der Waals surface area contributed by atoms with Gasteiger partial charge in [0.15, 0.2) is 0 Å². The van der Waals surface area contributed by atoms with Crippen LogP contribution in [0.2, 0.25) is 0 Å². The summed E-state index contributed by atoms with van der Waals surface area (Å²) >= 11 is 0. The quantitative estimate of drug-likeness (QED) is 0.773. The summed E-state index contributed by atoms with van der Waals surface area (Å²) in [5, 5.41) is 3.28. The maximum Gasteiger partial charge on any atom is 0.130 e. The minimum absolute atomic E-state index is 0.760. The molecule has 1 heterocycles. The first-order valence-corrected chi connectivity index (χ1v) is 5.93. The van der Waals surface area contributed by atoms with E-state index in [0.717, 1.165) is 23.6 Å². The molecule has 3 heteroatoms. The Bertz CT molecular complexity index is 549. The van der Waals surface area contributed by atoms with Crippen molar-refractivity contribution in [3.8, 4) is 0 Å². The molecule has 0 spiro atoms. The summed E-state index contributed by atoms with van der Waals surface area (Å²) in [5.74, 6) is 0.899. The normalized spacial score (nSPS) is 13.4. The number of nitrogen functional groups attached to an aromatic ring is 1. The highest BCUT2D eigenvalue weighted by molar-refractivity contribution is 5.61. The molecule has 1 aliphatic rings. The summed E-state index contributed by atoms with van der Waals surface area (Å²) in [4.78, 5) is 4.63. The minimum Gasteiger partial charge on any atom is -0.399 e. The molecule has 0 saturated heterocycles. The van der Waals surface area contributed by atoms with Crippen molar-refractivity contribution in [3.63, 3.8) is 0 Å². The van der Waals surface area contributed by atoms with Gasteiger partial charge < -0.3 is 11.1 Å². The fourth-order valence-electron chi connectivity index (χ4n) is 2.25. The molecule has 1 aromatic heterocycles. The minimum atomic E-state index is 0.760. The van der Waals surface area contributed by atoms with Crippen LogP contribution in [0.3, 0.4) is 0 Å². The number of aryl methyl sites for hydroxylation is 2. The maximum absolute atomic E-state index is 5.74. The van der Waals surface area contributed by atoms with Crippen molar-refractivity contribution in [2.75, 3.05) is 11.1 Å². The molecule has 2 aromatic rings. The van der Waals surface area contributed by atoms with Crippen LogP contribution in [0.5, 0.6) is 0 Å². The van der Waals surface area contributed by atoms with Gasteiger partial charge in [-0.2, -0.15) is 0 Å². The molecule has 1 aliphatic carbocycles. The number of rotatable bonds is 2. The average Bonchev–Trinajstić information content (AvgIpc) is 2.76. The number of anilines is 3. The van der Waals surface area contributed by atoms with Gasteiger partial charge in [-0.15, -0.1) is 0 Å². The molecule has 17 heavy (non-hydrogen) atoms. The van der Waals surface area contributed by atoms with Crippen LogP contribution in [-0.4, -0.2) is 4.98 Å². The average molecular weight is 225 g/mol. The van der Waals surface area contributed by atoms with E-state index in [1.54, 1.807) is 0 Å². The van der Waals surface area contributed by atoms with E-state index in [1.807, 2.05) is 30.3 Å². The predicted molar refractivity (Wildman–Crippen MR) is 70.4 cm³/mol. The highest BCUT2D eigenvalue weighted by Gasteiger charge is 2.12. The Morgan fingerprint density at radius 1 is 1.12 bits per heavy atom. The van der Waals surface area contributed by atoms with Gasteiger partial charge in [-0.25, -0.2) is 4.98 Å². The van der Waals surface area contributed by atoms with E-state index in [4.69, 9.17) is 5.73 Å². The molecule has 0 aliphatic heterocycles. The number of hydrogen-bond donors (Lipinski definition) is 2. The van der Waals surface area contributed by atoms with Crippen molar-refractivity contribution < 1.29 is 0 Å². The van der Waals surface area contributed by atoms with E-state index in [9.17, 15) is 0 Å². The number of hydrogen-bond acceptors (Lipinski definition) is 3. The molecule has 3 N–H and O–H groups in total. The van der Waals surface area contributed by atoms with Gasteiger partial charge in [-0.1, -0.05) is 12.1 Å². The number of pyridine rings is 1. The summed E-state index contributed by atoms with van der Waals surface area (Å²) in [5.41, 5.74) is 10.1. The van der Waals surface area contributed by atoms with E-state index >= 15 is 0 Å². The monoisotopic (exact) mass is 225 g/mol. The Hall–Kier alpha value is -2.03. The van der Waals surface area contributed by atoms with Gasteiger partial charge in [0.25, 0.3) is 0 Å². The van der Waals surface area contributed by atoms with Crippen LogP contribution in [0.1, 0.15) is 17.7 Å². The van der Waals surface area contributed by atoms with Crippen molar-refractivity contribution >= 4 is 17.2 Å². The third-order valence-corrected chi connectivity index (χ3v) is 3.09. The van der Waals surface area contributed by atoms with E-state index < -0.39 is 0 Å². The lowest BCUT2D eigenvalue weighted by molar-refractivity contribution is 0.900. The van der Waals surface area contributed by atoms with Gasteiger partial charge in [0.2, 0.25) is 0 Å². The highest BCUT2D eigenvalue weighted by atomic mass is 15.0. The predicted octanol–water partition coefficient (Wildman–Crippen LogP) is 2.90. The van der Waals surface area contributed by atoms with Gasteiger partial charge in [0.05, 0.1) is 0 Å². The van der Waals surface area contributed by atoms with E-state index in [-0.39, 0.29) is 0 Å². The fourth-order valence-corrected chi connectivity index (χ4v) is 2.25. The second-order valence-corrected chi connectivity index (χ2v) is 4.41. The van der Waals surface area contributed by atoms with Crippen LogP contribution < -0.4 is 11.1 Å². The van der Waals surface area contributed by atoms with Crippen molar-refractivity contribution in [2.24, 2.45) is 0 Å². The number of nitrogens with one attached hydrogen (secondary N) is 1. The first-order valence-electron chi connectivity index (χ1n) is 5.93. The molecule has 0 saturated carbocycles. The van der Waals surface area contributed by atoms with Crippen LogP contribution in [0, 0.1) is 0 Å². The zero-order valence-electron chi connectivity index (χ0n) is 9.61. The second kappa shape index (κ2) is 4.09. The lowest BCUT2D eigenvalue weighted by atomic mass is 10.2. The Morgan fingerprint density at radius 2 is 2.06 bits per heavy atom. The topological polar surface area (TPSA) is 50.9 Å². The van der Waals surface area contributed by atoms with Gasteiger partial charge in [0.1, 0.15) is 5.82 Å². The summed E-state index contributed by atoms with van der Waals surface area (Å²) in [6.45, 7) is 0. The largest absolute Gasteiger partial charge is 0.399 e. The van der Waals surface area contributed by atoms with Crippen LogP contribution >= 0.6 is 0 Å². The number of nitrogens with two attached hydrogens (primary N) is 1. The lowest BCUT2D eigenvalue weighted by Crippen LogP contribution is -1.97. The van der Waals surface area contributed by atoms with Gasteiger partial charge >= 0.3 is 0 Å². The first-order chi connectivity index (χ1) is 8.31. The molecule has 0 unspecified atom stereocenters. The summed E-state index contributed by atoms with van der Waals surface area (Å²) in [7, 11) is 0. The molecular weight excluding hydrogens is 210 g/mol. The van der Waals surface area contributed by atoms with Crippen molar-refractivity contribution in [2.45, 2.75) is 19.3 Å². The molecule has 0 fully saturated rings. The molecular formula is C14H15N3. The molecule has 86 valence electrons. The molecule has 1 aromatic carbocycles. The van der Waals surface area contributed by atoms with Crippen LogP contribution in [0.4, 0.5) is 17.2 Å². The van der Waals surface area contributed by atoms with Gasteiger partial charge in [-0.3, -0.25) is 0 Å². The molecule has 0 atom stereocenters. The van der Waals surface area contributed by atoms with Gasteiger partial charge in [0, 0.05) is 17.1 Å². The zero-order chi connectivity index (χ0) is 11.7. The number of aromatic nitrogens is 1. The number of nitrogens with zero attached hydrogens (tertiary/aromatic N) is 1. The molecule has 3 rings (SSSR count). The number of benzene rings is 1. The summed E-state index contributed by atoms with van der Waals surface area (Å²) < 4.78 is 0. The number of fused-ring (bicyclic) bond motifs is 1. The van der Waals surface area contributed by atoms with E-state index in [1.165, 1.54) is 24.1 Å². The highest BCUT2D eigenvalue weighted by Crippen LogP contribution is 2.23. The summed E-state index contributed by atoms with van der Waals surface area (Å²) in [6.07, 6.45) is 3.49. The van der Waals surface area contributed by atoms with Crippen molar-refractivity contribution in [1.29, 1.82) is 0 Å². The third-order valence-electron chi connectivity index (χ3n) is 3.09. The Morgan fingerprint density at radius 3 is 2.94 bits per heavy atom. The standard InChI is InChI=1S/C14H15N3/c15-11-4-2-5-12(9-11)16-14-8-7-10-3-1-6-13(10)17-14/h2,4-5,7-9H,1,3,6,15H2,(H,16,17). The zero-order valence-corrected chi connectivity index (χ0v) is 9.61. The molecule has 0 bridgehead atoms. The maximum atomic E-state index is 5.74. The second-order valence-electron chi connectivity index (χ2n) is 4.41. The SMILES string of the molecule is Nc1cccc(Nc2ccc3c(n2)CCC3)c1.